The third kappa shape index (κ3) is 23.5. The molecular formula is C47H43Cl8N13O7. The van der Waals surface area contributed by atoms with Crippen molar-refractivity contribution in [2.24, 2.45) is 5.73 Å². The van der Waals surface area contributed by atoms with Crippen LogP contribution in [0.1, 0.15) is 84.1 Å². The molecule has 394 valence electrons. The van der Waals surface area contributed by atoms with Crippen molar-refractivity contribution in [3.8, 4) is 24.0 Å². The van der Waals surface area contributed by atoms with Crippen molar-refractivity contribution in [1.82, 2.24) is 44.9 Å². The molecule has 0 unspecified atom stereocenters. The quantitative estimate of drug-likeness (QED) is 0.0420. The number of nitrogens with zero attached hydrogens (tertiary/aromatic N) is 10. The number of nitrogens with two attached hydrogens (primary N) is 1. The number of pyridine rings is 5. The minimum absolute atomic E-state index is 0.115. The molecule has 0 aliphatic carbocycles. The molecule has 0 fully saturated rings. The van der Waals surface area contributed by atoms with Crippen molar-refractivity contribution in [2.45, 2.75) is 74.3 Å². The highest BCUT2D eigenvalue weighted by Gasteiger charge is 2.21. The van der Waals surface area contributed by atoms with Crippen LogP contribution in [0.25, 0.3) is 21.8 Å². The predicted molar refractivity (Wildman–Crippen MR) is 289 cm³/mol. The Morgan fingerprint density at radius 2 is 1.27 bits per heavy atom. The Morgan fingerprint density at radius 1 is 0.760 bits per heavy atom. The average Bonchev–Trinajstić information content (AvgIpc) is 3.92. The van der Waals surface area contributed by atoms with E-state index in [-0.39, 0.29) is 17.7 Å². The lowest BCUT2D eigenvalue weighted by Crippen LogP contribution is -2.27. The van der Waals surface area contributed by atoms with Gasteiger partial charge in [-0.25, -0.2) is 24.7 Å². The van der Waals surface area contributed by atoms with Gasteiger partial charge in [0.2, 0.25) is 10.5 Å². The van der Waals surface area contributed by atoms with Crippen molar-refractivity contribution in [1.29, 1.82) is 15.8 Å². The monoisotopic (exact) mass is 1180 g/mol. The fourth-order valence-corrected chi connectivity index (χ4v) is 7.09. The Labute approximate surface area is 468 Å². The van der Waals surface area contributed by atoms with E-state index >= 15 is 0 Å². The average molecular weight is 1190 g/mol. The normalized spacial score (nSPS) is 10.1. The van der Waals surface area contributed by atoms with E-state index in [1.807, 2.05) is 19.9 Å². The maximum atomic E-state index is 12.0. The first-order valence-corrected chi connectivity index (χ1v) is 23.6. The molecule has 0 aromatic carbocycles. The molecule has 0 aliphatic rings. The zero-order valence-electron chi connectivity index (χ0n) is 40.9. The number of H-pyrrole nitrogens is 2. The molecule has 0 atom stereocenters. The smallest absolute Gasteiger partial charge is 0.435 e. The van der Waals surface area contributed by atoms with Crippen LogP contribution in [0.15, 0.2) is 59.3 Å². The van der Waals surface area contributed by atoms with Crippen molar-refractivity contribution in [3.05, 3.63) is 141 Å². The number of carbonyl (C=O) groups is 4. The maximum Gasteiger partial charge on any atom is 0.435 e. The first kappa shape index (κ1) is 66.1. The Balaban J connectivity index is 0.000000449. The number of aromatic nitrogens is 9. The highest BCUT2D eigenvalue weighted by atomic mass is 35.5. The van der Waals surface area contributed by atoms with E-state index in [9.17, 15) is 24.0 Å². The lowest BCUT2D eigenvalue weighted by Gasteiger charge is -2.19. The first-order valence-electron chi connectivity index (χ1n) is 20.6. The van der Waals surface area contributed by atoms with Gasteiger partial charge in [-0.05, 0) is 97.6 Å². The summed E-state index contributed by atoms with van der Waals surface area (Å²) in [6.07, 6.45) is 4.37. The van der Waals surface area contributed by atoms with Gasteiger partial charge in [-0.3, -0.25) is 24.3 Å². The standard InChI is InChI=1S/C12H14ClN3O2.C7H4Cl2N2.C7H5Cl2NO.C7H6ClN3.C7H6N2O2.C4H6N2.C3H2Cl2O2/c1-7-8-6-14-16(9(8)5-10(13)15-7)11(17)18-12(2,3)4;1-4-5(3-10)6(8)2-7(9)11-4;1-4-5(3-11)6(8)2-7(9)10-4;1-4-5-3-9-11-6(5)2-7(8)10-4;1-4-5(3-8)6(10)2-7(11)9-4;1-4(6)2-3-5;4-2(6)1-3(5)7/h5-6H,1-4H3;2H,1H3;2-3H,1H3;2-3H,1H3,(H,9,11);2H,1H3,(H2,9,10,11);2H,6H2,1H3;1H2. The molecule has 20 nitrogen and oxygen atoms in total. The van der Waals surface area contributed by atoms with Crippen molar-refractivity contribution < 1.29 is 29.0 Å². The van der Waals surface area contributed by atoms with E-state index in [0.29, 0.717) is 76.4 Å². The number of hydrogen-bond acceptors (Lipinski definition) is 17. The number of aryl methyl sites for hydroxylation is 5. The number of carbonyl (C=O) groups excluding carboxylic acids is 4. The van der Waals surface area contributed by atoms with Crippen LogP contribution in [-0.4, -0.2) is 78.5 Å². The first-order chi connectivity index (χ1) is 34.9. The van der Waals surface area contributed by atoms with E-state index in [4.69, 9.17) is 124 Å². The van der Waals surface area contributed by atoms with E-state index in [1.54, 1.807) is 85.1 Å². The molecule has 0 spiro atoms. The molecule has 0 radical (unpaired) electrons. The molecule has 0 saturated heterocycles. The van der Waals surface area contributed by atoms with Gasteiger partial charge in [-0.2, -0.15) is 30.7 Å². The van der Waals surface area contributed by atoms with Gasteiger partial charge in [0.15, 0.2) is 6.29 Å². The summed E-state index contributed by atoms with van der Waals surface area (Å²) in [5.41, 5.74) is 10.2. The number of hydrogen-bond donors (Lipinski definition) is 4. The highest BCUT2D eigenvalue weighted by Crippen LogP contribution is 2.24. The number of allylic oxidation sites excluding steroid dienone is 2. The lowest BCUT2D eigenvalue weighted by molar-refractivity contribution is -0.118. The van der Waals surface area contributed by atoms with Gasteiger partial charge >= 0.3 is 6.09 Å². The van der Waals surface area contributed by atoms with Gasteiger partial charge in [0.25, 0.3) is 5.56 Å². The Kier molecular flexibility index (Phi) is 28.0. The van der Waals surface area contributed by atoms with Crippen LogP contribution in [0.4, 0.5) is 4.79 Å². The molecule has 0 amide bonds. The number of aldehydes is 1. The lowest BCUT2D eigenvalue weighted by atomic mass is 10.2. The molecule has 0 aliphatic heterocycles. The van der Waals surface area contributed by atoms with E-state index in [2.05, 4.69) is 40.2 Å². The molecular weight excluding hydrogens is 1140 g/mol. The second-order valence-electron chi connectivity index (χ2n) is 15.4. The van der Waals surface area contributed by atoms with E-state index in [0.717, 1.165) is 33.7 Å². The molecule has 28 heteroatoms. The van der Waals surface area contributed by atoms with E-state index in [1.165, 1.54) is 22.9 Å². The zero-order chi connectivity index (χ0) is 57.5. The number of fused-ring (bicyclic) bond motifs is 2. The van der Waals surface area contributed by atoms with E-state index < -0.39 is 27.7 Å². The number of halogens is 8. The molecule has 7 heterocycles. The second-order valence-corrected chi connectivity index (χ2v) is 18.6. The second kappa shape index (κ2) is 31.7. The Morgan fingerprint density at radius 3 is 1.71 bits per heavy atom. The Bertz CT molecular complexity index is 3320. The van der Waals surface area contributed by atoms with Crippen LogP contribution >= 0.6 is 92.8 Å². The summed E-state index contributed by atoms with van der Waals surface area (Å²) in [5, 5.41) is 47.1. The van der Waals surface area contributed by atoms with Gasteiger partial charge in [-0.15, -0.1) is 0 Å². The number of nitriles is 3. The van der Waals surface area contributed by atoms with Gasteiger partial charge in [-0.1, -0.05) is 69.6 Å². The number of aromatic amines is 2. The Hall–Kier alpha value is -6.90. The summed E-state index contributed by atoms with van der Waals surface area (Å²) < 4.78 is 6.46. The van der Waals surface area contributed by atoms with Crippen LogP contribution in [0.3, 0.4) is 0 Å². The minimum Gasteiger partial charge on any atom is -0.506 e. The van der Waals surface area contributed by atoms with Crippen LogP contribution in [-0.2, 0) is 14.3 Å². The summed E-state index contributed by atoms with van der Waals surface area (Å²) in [5.74, 6) is -0.270. The maximum absolute atomic E-state index is 12.0. The van der Waals surface area contributed by atoms with Crippen molar-refractivity contribution >= 4 is 137 Å². The number of nitrogens with one attached hydrogen (secondary N) is 2. The third-order valence-electron chi connectivity index (χ3n) is 8.30. The van der Waals surface area contributed by atoms with Crippen LogP contribution < -0.4 is 11.3 Å². The topological polar surface area (TPSA) is 326 Å². The molecule has 0 bridgehead atoms. The van der Waals surface area contributed by atoms with Gasteiger partial charge < -0.3 is 20.6 Å². The SMILES string of the molecule is CC(N)=CC#N.Cc1[nH]c(=O)cc(O)c1C#N.Cc1nc(Cl)cc(Cl)c1C#N.Cc1nc(Cl)cc(Cl)c1C=O.Cc1nc(Cl)cc2[nH]ncc12.Cc1nc(Cl)cc2c1cnn2C(=O)OC(C)(C)C.O=C(Cl)CC(=O)Cl. The molecule has 7 aromatic rings. The summed E-state index contributed by atoms with van der Waals surface area (Å²) >= 11 is 43.6. The molecule has 0 saturated carbocycles. The fourth-order valence-electron chi connectivity index (χ4n) is 5.16. The summed E-state index contributed by atoms with van der Waals surface area (Å²) in [6.45, 7) is 15.7. The molecule has 7 rings (SSSR count). The molecule has 7 aromatic heterocycles. The van der Waals surface area contributed by atoms with Crippen LogP contribution in [0.5, 0.6) is 5.75 Å². The summed E-state index contributed by atoms with van der Waals surface area (Å²) in [6, 6.07) is 12.7. The number of ether oxygens (including phenoxy) is 1. The largest absolute Gasteiger partial charge is 0.506 e. The van der Waals surface area contributed by atoms with Crippen molar-refractivity contribution in [3.63, 3.8) is 0 Å². The summed E-state index contributed by atoms with van der Waals surface area (Å²) in [4.78, 5) is 70.7. The molecule has 5 N–H and O–H groups in total. The van der Waals surface area contributed by atoms with Gasteiger partial charge in [0.05, 0.1) is 79.9 Å². The van der Waals surface area contributed by atoms with Crippen molar-refractivity contribution in [2.75, 3.05) is 0 Å². The third-order valence-corrected chi connectivity index (χ3v) is 9.95. The minimum atomic E-state index is -0.722. The number of rotatable bonds is 3. The number of aromatic hydroxyl groups is 1. The van der Waals surface area contributed by atoms with Gasteiger partial charge in [0.1, 0.15) is 49.7 Å². The summed E-state index contributed by atoms with van der Waals surface area (Å²) in [7, 11) is 0. The van der Waals surface area contributed by atoms with Crippen LogP contribution in [0.2, 0.25) is 30.7 Å². The van der Waals surface area contributed by atoms with Crippen LogP contribution in [0, 0.1) is 68.6 Å². The highest BCUT2D eigenvalue weighted by molar-refractivity contribution is 6.72. The fraction of sp³-hybridized carbons (Fsp3) is 0.234. The zero-order valence-corrected chi connectivity index (χ0v) is 46.9. The molecule has 75 heavy (non-hydrogen) atoms. The van der Waals surface area contributed by atoms with Gasteiger partial charge in [0, 0.05) is 46.4 Å². The predicted octanol–water partition coefficient (Wildman–Crippen LogP) is 11.7.